The number of hydrogen-bond donors (Lipinski definition) is 9. The van der Waals surface area contributed by atoms with E-state index < -0.39 is 86.8 Å². The number of carbonyl (C=O) groups is 1. The van der Waals surface area contributed by atoms with Crippen LogP contribution in [0.5, 0.6) is 0 Å². The zero-order valence-corrected chi connectivity index (χ0v) is 28.0. The van der Waals surface area contributed by atoms with Crippen LogP contribution >= 0.6 is 0 Å². The maximum Gasteiger partial charge on any atom is 0.220 e. The van der Waals surface area contributed by atoms with Crippen LogP contribution in [0.4, 0.5) is 0 Å². The molecular weight excluding hydrogens is 618 g/mol. The molecule has 0 saturated carbocycles. The third kappa shape index (κ3) is 13.9. The van der Waals surface area contributed by atoms with E-state index in [4.69, 9.17) is 18.9 Å². The lowest BCUT2D eigenvalue weighted by Gasteiger charge is -2.46. The summed E-state index contributed by atoms with van der Waals surface area (Å²) in [6.45, 7) is 2.16. The lowest BCUT2D eigenvalue weighted by Crippen LogP contribution is -2.65. The second-order valence-corrected chi connectivity index (χ2v) is 12.6. The molecular formula is C33H61NO13. The van der Waals surface area contributed by atoms with Gasteiger partial charge in [0.15, 0.2) is 12.6 Å². The maximum atomic E-state index is 12.2. The summed E-state index contributed by atoms with van der Waals surface area (Å²) in [5.41, 5.74) is 0. The Balaban J connectivity index is 1.85. The third-order valence-corrected chi connectivity index (χ3v) is 8.79. The molecule has 2 fully saturated rings. The number of rotatable bonds is 23. The summed E-state index contributed by atoms with van der Waals surface area (Å²) < 4.78 is 22.2. The number of amides is 1. The predicted molar refractivity (Wildman–Crippen MR) is 171 cm³/mol. The van der Waals surface area contributed by atoms with Crippen molar-refractivity contribution in [3.63, 3.8) is 0 Å². The summed E-state index contributed by atoms with van der Waals surface area (Å²) in [5, 5.41) is 84.8. The van der Waals surface area contributed by atoms with E-state index in [-0.39, 0.29) is 18.9 Å². The number of nitrogens with one attached hydrogen (secondary N) is 1. The van der Waals surface area contributed by atoms with Gasteiger partial charge in [-0.05, 0) is 12.8 Å². The third-order valence-electron chi connectivity index (χ3n) is 8.79. The van der Waals surface area contributed by atoms with Crippen molar-refractivity contribution in [3.05, 3.63) is 12.2 Å². The highest BCUT2D eigenvalue weighted by Gasteiger charge is 2.50. The van der Waals surface area contributed by atoms with Gasteiger partial charge < -0.3 is 65.1 Å². The largest absolute Gasteiger partial charge is 0.394 e. The lowest BCUT2D eigenvalue weighted by atomic mass is 9.97. The van der Waals surface area contributed by atoms with Gasteiger partial charge in [-0.15, -0.1) is 0 Å². The standard InChI is InChI=1S/C33H61NO13/c1-3-5-6-7-8-9-10-11-12-13-14-15-16-17-22(37)21(34-25(38)4-2)20-44-32-30(43)28(41)31(24(19-36)46-32)47-33-29(42)27(40)26(39)23(18-35)45-33/h16-17,21-24,26-33,35-37,39-43H,3-15,18-20H2,1-2H3,(H,34,38)/b17-16+. The normalized spacial score (nSPS) is 32.8. The Labute approximate surface area is 278 Å². The van der Waals surface area contributed by atoms with Gasteiger partial charge in [0.05, 0.1) is 32.0 Å². The van der Waals surface area contributed by atoms with E-state index in [1.54, 1.807) is 13.0 Å². The molecule has 276 valence electrons. The molecule has 2 aliphatic heterocycles. The van der Waals surface area contributed by atoms with Crippen LogP contribution in [-0.2, 0) is 23.7 Å². The van der Waals surface area contributed by atoms with Gasteiger partial charge in [0.25, 0.3) is 0 Å². The quantitative estimate of drug-likeness (QED) is 0.0518. The molecule has 14 heteroatoms. The number of allylic oxidation sites excluding steroid dienone is 1. The summed E-state index contributed by atoms with van der Waals surface area (Å²) in [5.74, 6) is -0.331. The number of ether oxygens (including phenoxy) is 4. The van der Waals surface area contributed by atoms with Gasteiger partial charge in [-0.25, -0.2) is 0 Å². The van der Waals surface area contributed by atoms with Crippen LogP contribution in [0.1, 0.15) is 97.3 Å². The first-order chi connectivity index (χ1) is 22.6. The van der Waals surface area contributed by atoms with Crippen LogP contribution in [0.2, 0.25) is 0 Å². The average Bonchev–Trinajstić information content (AvgIpc) is 3.07. The van der Waals surface area contributed by atoms with Crippen molar-refractivity contribution >= 4 is 5.91 Å². The highest BCUT2D eigenvalue weighted by Crippen LogP contribution is 2.29. The molecule has 1 amide bonds. The number of aliphatic hydroxyl groups excluding tert-OH is 8. The van der Waals surface area contributed by atoms with Crippen LogP contribution in [0.25, 0.3) is 0 Å². The Kier molecular flexibility index (Phi) is 20.7. The summed E-state index contributed by atoms with van der Waals surface area (Å²) in [4.78, 5) is 12.2. The van der Waals surface area contributed by atoms with Crippen molar-refractivity contribution in [3.8, 4) is 0 Å². The van der Waals surface area contributed by atoms with Crippen molar-refractivity contribution in [2.45, 2.75) is 171 Å². The van der Waals surface area contributed by atoms with Crippen LogP contribution in [0.3, 0.4) is 0 Å². The molecule has 0 bridgehead atoms. The monoisotopic (exact) mass is 679 g/mol. The molecule has 9 N–H and O–H groups in total. The van der Waals surface area contributed by atoms with Gasteiger partial charge in [-0.2, -0.15) is 0 Å². The first kappa shape index (κ1) is 41.9. The van der Waals surface area contributed by atoms with Crippen molar-refractivity contribution in [1.82, 2.24) is 5.32 Å². The number of hydrogen-bond acceptors (Lipinski definition) is 13. The molecule has 0 radical (unpaired) electrons. The summed E-state index contributed by atoms with van der Waals surface area (Å²) >= 11 is 0. The number of aliphatic hydroxyl groups is 8. The van der Waals surface area contributed by atoms with Gasteiger partial charge in [0, 0.05) is 6.42 Å². The van der Waals surface area contributed by atoms with Gasteiger partial charge in [0.1, 0.15) is 48.8 Å². The lowest BCUT2D eigenvalue weighted by molar-refractivity contribution is -0.359. The van der Waals surface area contributed by atoms with Crippen LogP contribution in [-0.4, -0.2) is 140 Å². The second-order valence-electron chi connectivity index (χ2n) is 12.6. The topological polar surface area (TPSA) is 228 Å². The van der Waals surface area contributed by atoms with E-state index in [1.165, 1.54) is 57.8 Å². The van der Waals surface area contributed by atoms with Crippen molar-refractivity contribution in [2.24, 2.45) is 0 Å². The minimum atomic E-state index is -1.78. The molecule has 47 heavy (non-hydrogen) atoms. The minimum absolute atomic E-state index is 0.163. The molecule has 2 rings (SSSR count). The Morgan fingerprint density at radius 1 is 0.745 bits per heavy atom. The Morgan fingerprint density at radius 3 is 1.87 bits per heavy atom. The van der Waals surface area contributed by atoms with Crippen LogP contribution in [0.15, 0.2) is 12.2 Å². The molecule has 0 aromatic rings. The molecule has 0 spiro atoms. The van der Waals surface area contributed by atoms with E-state index in [0.29, 0.717) is 0 Å². The van der Waals surface area contributed by atoms with Crippen LogP contribution < -0.4 is 5.32 Å². The molecule has 0 aromatic heterocycles. The molecule has 14 nitrogen and oxygen atoms in total. The molecule has 12 unspecified atom stereocenters. The predicted octanol–water partition coefficient (Wildman–Crippen LogP) is 0.140. The van der Waals surface area contributed by atoms with E-state index >= 15 is 0 Å². The van der Waals surface area contributed by atoms with Crippen molar-refractivity contribution in [2.75, 3.05) is 19.8 Å². The number of carbonyl (C=O) groups excluding carboxylic acids is 1. The van der Waals surface area contributed by atoms with Gasteiger partial charge in [-0.3, -0.25) is 4.79 Å². The highest BCUT2D eigenvalue weighted by atomic mass is 16.7. The number of unbranched alkanes of at least 4 members (excludes halogenated alkanes) is 11. The summed E-state index contributed by atoms with van der Waals surface area (Å²) in [7, 11) is 0. The van der Waals surface area contributed by atoms with E-state index in [1.807, 2.05) is 6.08 Å². The fourth-order valence-corrected chi connectivity index (χ4v) is 5.72. The molecule has 0 aliphatic carbocycles. The van der Waals surface area contributed by atoms with E-state index in [0.717, 1.165) is 19.3 Å². The summed E-state index contributed by atoms with van der Waals surface area (Å²) in [6, 6.07) is -0.903. The second kappa shape index (κ2) is 23.2. The zero-order chi connectivity index (χ0) is 34.8. The maximum absolute atomic E-state index is 12.2. The fourth-order valence-electron chi connectivity index (χ4n) is 5.72. The first-order valence-electron chi connectivity index (χ1n) is 17.4. The first-order valence-corrected chi connectivity index (χ1v) is 17.4. The summed E-state index contributed by atoms with van der Waals surface area (Å²) in [6.07, 6.45) is 1.07. The fraction of sp³-hybridized carbons (Fsp3) is 0.909. The molecule has 0 aromatic carbocycles. The Morgan fingerprint density at radius 2 is 1.30 bits per heavy atom. The van der Waals surface area contributed by atoms with Crippen LogP contribution in [0, 0.1) is 0 Å². The minimum Gasteiger partial charge on any atom is -0.394 e. The SMILES string of the molecule is CCCCCCCCCCCCC/C=C/C(O)C(COC1OC(CO)C(OC2OC(CO)C(O)C(O)C2O)C(O)C1O)NC(=O)CC. The molecule has 2 saturated heterocycles. The smallest absolute Gasteiger partial charge is 0.220 e. The van der Waals surface area contributed by atoms with Gasteiger partial charge in [-0.1, -0.05) is 90.2 Å². The Hall–Kier alpha value is -1.27. The Bertz CT molecular complexity index is 862. The molecule has 12 atom stereocenters. The molecule has 2 heterocycles. The van der Waals surface area contributed by atoms with Gasteiger partial charge in [0.2, 0.25) is 5.91 Å². The zero-order valence-electron chi connectivity index (χ0n) is 28.0. The molecule has 2 aliphatic rings. The highest BCUT2D eigenvalue weighted by molar-refractivity contribution is 5.75. The average molecular weight is 680 g/mol. The van der Waals surface area contributed by atoms with E-state index in [9.17, 15) is 45.6 Å². The van der Waals surface area contributed by atoms with E-state index in [2.05, 4.69) is 12.2 Å². The van der Waals surface area contributed by atoms with Crippen molar-refractivity contribution in [1.29, 1.82) is 0 Å². The van der Waals surface area contributed by atoms with Gasteiger partial charge >= 0.3 is 0 Å². The van der Waals surface area contributed by atoms with Crippen molar-refractivity contribution < 1.29 is 64.6 Å².